The van der Waals surface area contributed by atoms with Crippen molar-refractivity contribution >= 4 is 17.4 Å². The number of rotatable bonds is 5. The van der Waals surface area contributed by atoms with E-state index >= 15 is 0 Å². The maximum Gasteiger partial charge on any atom is 0.308 e. The van der Waals surface area contributed by atoms with Gasteiger partial charge in [0, 0.05) is 23.6 Å². The van der Waals surface area contributed by atoms with E-state index in [1.165, 1.54) is 6.92 Å². The minimum absolute atomic E-state index is 0.0305. The molecule has 1 aliphatic rings. The molecule has 7 nitrogen and oxygen atoms in total. The van der Waals surface area contributed by atoms with E-state index < -0.39 is 0 Å². The van der Waals surface area contributed by atoms with E-state index in [2.05, 4.69) is 15.0 Å². The van der Waals surface area contributed by atoms with Gasteiger partial charge >= 0.3 is 5.97 Å². The Morgan fingerprint density at radius 3 is 2.77 bits per heavy atom. The van der Waals surface area contributed by atoms with Crippen LogP contribution in [-0.2, 0) is 16.0 Å². The van der Waals surface area contributed by atoms with Crippen molar-refractivity contribution in [1.29, 1.82) is 0 Å². The van der Waals surface area contributed by atoms with E-state index in [-0.39, 0.29) is 12.1 Å². The monoisotopic (exact) mass is 401 g/mol. The van der Waals surface area contributed by atoms with Crippen molar-refractivity contribution in [3.8, 4) is 28.6 Å². The summed E-state index contributed by atoms with van der Waals surface area (Å²) in [5.41, 5.74) is 3.66. The smallest absolute Gasteiger partial charge is 0.308 e. The first-order valence-electron chi connectivity index (χ1n) is 9.49. The van der Waals surface area contributed by atoms with Crippen LogP contribution >= 0.6 is 0 Å². The molecule has 0 atom stereocenters. The van der Waals surface area contributed by atoms with Gasteiger partial charge in [-0.15, -0.1) is 0 Å². The third-order valence-electron chi connectivity index (χ3n) is 4.54. The van der Waals surface area contributed by atoms with Crippen LogP contribution < -0.4 is 4.74 Å². The number of carbonyl (C=O) groups excluding carboxylic acids is 1. The molecule has 0 bridgehead atoms. The van der Waals surface area contributed by atoms with Gasteiger partial charge in [-0.25, -0.2) is 4.85 Å². The van der Waals surface area contributed by atoms with Crippen LogP contribution in [-0.4, -0.2) is 22.2 Å². The van der Waals surface area contributed by atoms with Crippen LogP contribution in [0.3, 0.4) is 0 Å². The molecule has 0 saturated heterocycles. The highest BCUT2D eigenvalue weighted by Gasteiger charge is 2.23. The van der Waals surface area contributed by atoms with Crippen LogP contribution in [0, 0.1) is 6.57 Å². The summed E-state index contributed by atoms with van der Waals surface area (Å²) in [6.45, 7) is 12.6. The van der Waals surface area contributed by atoms with Gasteiger partial charge in [-0.2, -0.15) is 4.98 Å². The highest BCUT2D eigenvalue weighted by atomic mass is 16.5. The van der Waals surface area contributed by atoms with Crippen molar-refractivity contribution < 1.29 is 18.8 Å². The number of hydrogen-bond acceptors (Lipinski definition) is 6. The SMILES string of the molecule is [C-]#[N+]c1cc(-c2nc(-c3cccc4c3CC=C4OC(C)=O)no2)ccc1OC(C)C. The molecule has 4 rings (SSSR count). The molecule has 30 heavy (non-hydrogen) atoms. The molecule has 0 spiro atoms. The number of benzene rings is 2. The van der Waals surface area contributed by atoms with Crippen LogP contribution in [0.4, 0.5) is 5.69 Å². The molecule has 0 unspecified atom stereocenters. The maximum atomic E-state index is 11.3. The average Bonchev–Trinajstić information content (AvgIpc) is 3.35. The van der Waals surface area contributed by atoms with Crippen molar-refractivity contribution in [2.75, 3.05) is 0 Å². The standard InChI is InChI=1S/C23H19N3O4/c1-13(2)28-21-10-8-15(12-19(21)24-4)23-25-22(26-30-23)18-7-5-6-17-16(18)9-11-20(17)29-14(3)27/h5-8,10-13H,9H2,1-3H3. The Kier molecular flexibility index (Phi) is 5.07. The molecule has 1 aromatic heterocycles. The number of esters is 1. The first kappa shape index (κ1) is 19.4. The molecular weight excluding hydrogens is 382 g/mol. The Labute approximate surface area is 173 Å². The van der Waals surface area contributed by atoms with E-state index in [4.69, 9.17) is 20.6 Å². The van der Waals surface area contributed by atoms with Crippen LogP contribution in [0.1, 0.15) is 31.9 Å². The summed E-state index contributed by atoms with van der Waals surface area (Å²) in [5, 5.41) is 4.13. The summed E-state index contributed by atoms with van der Waals surface area (Å²) >= 11 is 0. The van der Waals surface area contributed by atoms with Crippen molar-refractivity contribution in [3.63, 3.8) is 0 Å². The Balaban J connectivity index is 1.66. The molecule has 1 heterocycles. The third kappa shape index (κ3) is 3.67. The molecule has 0 aliphatic heterocycles. The fraction of sp³-hybridized carbons (Fsp3) is 0.217. The second-order valence-corrected chi connectivity index (χ2v) is 7.08. The van der Waals surface area contributed by atoms with E-state index in [0.717, 1.165) is 16.7 Å². The van der Waals surface area contributed by atoms with E-state index in [0.29, 0.717) is 40.9 Å². The summed E-state index contributed by atoms with van der Waals surface area (Å²) in [5.74, 6) is 1.46. The molecule has 150 valence electrons. The van der Waals surface area contributed by atoms with E-state index in [1.54, 1.807) is 18.2 Å². The number of aromatic nitrogens is 2. The van der Waals surface area contributed by atoms with Gasteiger partial charge in [-0.05, 0) is 50.1 Å². The minimum Gasteiger partial charge on any atom is -0.502 e. The summed E-state index contributed by atoms with van der Waals surface area (Å²) < 4.78 is 16.4. The number of nitrogens with zero attached hydrogens (tertiary/aromatic N) is 3. The van der Waals surface area contributed by atoms with E-state index in [9.17, 15) is 4.79 Å². The number of ether oxygens (including phenoxy) is 2. The van der Waals surface area contributed by atoms with Gasteiger partial charge in [0.05, 0.1) is 12.7 Å². The van der Waals surface area contributed by atoms with E-state index in [1.807, 2.05) is 38.1 Å². The summed E-state index contributed by atoms with van der Waals surface area (Å²) in [6.07, 6.45) is 2.45. The molecule has 0 amide bonds. The average molecular weight is 401 g/mol. The number of fused-ring (bicyclic) bond motifs is 1. The zero-order valence-electron chi connectivity index (χ0n) is 16.8. The van der Waals surface area contributed by atoms with Gasteiger partial charge < -0.3 is 14.0 Å². The lowest BCUT2D eigenvalue weighted by molar-refractivity contribution is -0.134. The quantitative estimate of drug-likeness (QED) is 0.432. The molecule has 0 N–H and O–H groups in total. The van der Waals surface area contributed by atoms with Gasteiger partial charge in [-0.3, -0.25) is 4.79 Å². The number of allylic oxidation sites excluding steroid dienone is 1. The molecule has 0 saturated carbocycles. The predicted octanol–water partition coefficient (Wildman–Crippen LogP) is 5.20. The first-order chi connectivity index (χ1) is 14.5. The van der Waals surface area contributed by atoms with Crippen molar-refractivity contribution in [2.24, 2.45) is 0 Å². The second kappa shape index (κ2) is 7.84. The summed E-state index contributed by atoms with van der Waals surface area (Å²) in [6, 6.07) is 10.9. The molecule has 2 aromatic carbocycles. The van der Waals surface area contributed by atoms with Crippen LogP contribution in [0.15, 0.2) is 47.0 Å². The maximum absolute atomic E-state index is 11.3. The molecule has 1 aliphatic carbocycles. The summed E-state index contributed by atoms with van der Waals surface area (Å²) in [4.78, 5) is 19.4. The van der Waals surface area contributed by atoms with Crippen LogP contribution in [0.2, 0.25) is 0 Å². The lowest BCUT2D eigenvalue weighted by atomic mass is 10.0. The van der Waals surface area contributed by atoms with Crippen LogP contribution in [0.5, 0.6) is 5.75 Å². The van der Waals surface area contributed by atoms with Crippen LogP contribution in [0.25, 0.3) is 33.4 Å². The molecule has 7 heteroatoms. The van der Waals surface area contributed by atoms with Gasteiger partial charge in [0.25, 0.3) is 5.89 Å². The van der Waals surface area contributed by atoms with Gasteiger partial charge in [0.15, 0.2) is 0 Å². The Bertz CT molecular complexity index is 1200. The third-order valence-corrected chi connectivity index (χ3v) is 4.54. The van der Waals surface area contributed by atoms with Gasteiger partial charge in [0.1, 0.15) is 11.5 Å². The summed E-state index contributed by atoms with van der Waals surface area (Å²) in [7, 11) is 0. The molecule has 3 aromatic rings. The highest BCUT2D eigenvalue weighted by molar-refractivity contribution is 5.82. The Hall–Kier alpha value is -3.92. The topological polar surface area (TPSA) is 78.8 Å². The second-order valence-electron chi connectivity index (χ2n) is 7.08. The predicted molar refractivity (Wildman–Crippen MR) is 111 cm³/mol. The minimum atomic E-state index is -0.359. The number of hydrogen-bond donors (Lipinski definition) is 0. The van der Waals surface area contributed by atoms with Crippen molar-refractivity contribution in [3.05, 3.63) is 65.0 Å². The molecular formula is C23H19N3O4. The lowest BCUT2D eigenvalue weighted by Crippen LogP contribution is -2.05. The molecule has 0 radical (unpaired) electrons. The van der Waals surface area contributed by atoms with Gasteiger partial charge in [0.2, 0.25) is 11.5 Å². The highest BCUT2D eigenvalue weighted by Crippen LogP contribution is 2.37. The molecule has 0 fully saturated rings. The van der Waals surface area contributed by atoms with Crippen molar-refractivity contribution in [1.82, 2.24) is 10.1 Å². The number of carbonyl (C=O) groups is 1. The fourth-order valence-electron chi connectivity index (χ4n) is 3.34. The normalized spacial score (nSPS) is 12.3. The Morgan fingerprint density at radius 1 is 1.23 bits per heavy atom. The van der Waals surface area contributed by atoms with Gasteiger partial charge in [-0.1, -0.05) is 23.4 Å². The Morgan fingerprint density at radius 2 is 2.03 bits per heavy atom. The zero-order valence-corrected chi connectivity index (χ0v) is 16.8. The zero-order chi connectivity index (χ0) is 21.3. The van der Waals surface area contributed by atoms with Crippen molar-refractivity contribution in [2.45, 2.75) is 33.3 Å². The fourth-order valence-corrected chi connectivity index (χ4v) is 3.34. The largest absolute Gasteiger partial charge is 0.502 e. The first-order valence-corrected chi connectivity index (χ1v) is 9.49. The lowest BCUT2D eigenvalue weighted by Gasteiger charge is -2.11.